The highest BCUT2D eigenvalue weighted by molar-refractivity contribution is 5.32. The molecule has 6 heteroatoms. The first-order chi connectivity index (χ1) is 10.5. The fraction of sp³-hybridized carbons (Fsp3) is 0.375. The molecule has 22 heavy (non-hydrogen) atoms. The molecule has 2 aromatic rings. The van der Waals surface area contributed by atoms with Crippen LogP contribution in [0.15, 0.2) is 24.3 Å². The lowest BCUT2D eigenvalue weighted by Gasteiger charge is -2.16. The molecule has 0 radical (unpaired) electrons. The van der Waals surface area contributed by atoms with Crippen molar-refractivity contribution < 1.29 is 13.2 Å². The third-order valence-electron chi connectivity index (χ3n) is 3.91. The van der Waals surface area contributed by atoms with Gasteiger partial charge >= 0.3 is 6.18 Å². The van der Waals surface area contributed by atoms with Crippen LogP contribution in [0.5, 0.6) is 0 Å². The Labute approximate surface area is 126 Å². The lowest BCUT2D eigenvalue weighted by atomic mass is 10.0. The standard InChI is InChI=1S/C16H14F3N3/c17-16(18,19)15-21-13-3-1-2-4-14(13)22(15)10-12-7-5-11(9-20)6-8-12/h5-8H,1-4,10H2. The fourth-order valence-corrected chi connectivity index (χ4v) is 2.85. The highest BCUT2D eigenvalue weighted by Crippen LogP contribution is 2.33. The van der Waals surface area contributed by atoms with Crippen molar-refractivity contribution in [3.05, 3.63) is 52.6 Å². The minimum absolute atomic E-state index is 0.128. The maximum Gasteiger partial charge on any atom is 0.449 e. The Morgan fingerprint density at radius 2 is 1.82 bits per heavy atom. The Morgan fingerprint density at radius 3 is 2.45 bits per heavy atom. The Balaban J connectivity index is 2.01. The number of nitriles is 1. The molecule has 1 aromatic carbocycles. The molecule has 0 saturated carbocycles. The van der Waals surface area contributed by atoms with Gasteiger partial charge in [0.1, 0.15) is 0 Å². The van der Waals surface area contributed by atoms with E-state index in [4.69, 9.17) is 5.26 Å². The van der Waals surface area contributed by atoms with Crippen molar-refractivity contribution in [2.75, 3.05) is 0 Å². The normalized spacial score (nSPS) is 14.5. The van der Waals surface area contributed by atoms with Gasteiger partial charge in [0.25, 0.3) is 0 Å². The molecule has 0 amide bonds. The predicted octanol–water partition coefficient (Wildman–Crippen LogP) is 3.70. The van der Waals surface area contributed by atoms with Gasteiger partial charge in [-0.15, -0.1) is 0 Å². The summed E-state index contributed by atoms with van der Waals surface area (Å²) in [4.78, 5) is 3.84. The van der Waals surface area contributed by atoms with Crippen molar-refractivity contribution in [3.63, 3.8) is 0 Å². The molecule has 1 aliphatic carbocycles. The number of nitrogens with zero attached hydrogens (tertiary/aromatic N) is 3. The SMILES string of the molecule is N#Cc1ccc(Cn2c(C(F)(F)F)nc3c2CCCC3)cc1. The Kier molecular flexibility index (Phi) is 3.65. The molecule has 0 aliphatic heterocycles. The molecule has 0 fully saturated rings. The average Bonchev–Trinajstić information content (AvgIpc) is 2.87. The van der Waals surface area contributed by atoms with Crippen molar-refractivity contribution in [3.8, 4) is 6.07 Å². The summed E-state index contributed by atoms with van der Waals surface area (Å²) in [6.07, 6.45) is -1.43. The van der Waals surface area contributed by atoms with Crippen LogP contribution in [-0.4, -0.2) is 9.55 Å². The number of halogens is 3. The topological polar surface area (TPSA) is 41.6 Å². The number of imidazole rings is 1. The molecule has 3 rings (SSSR count). The van der Waals surface area contributed by atoms with Gasteiger partial charge in [-0.1, -0.05) is 12.1 Å². The number of fused-ring (bicyclic) bond motifs is 1. The van der Waals surface area contributed by atoms with Crippen LogP contribution in [0.1, 0.15) is 41.2 Å². The van der Waals surface area contributed by atoms with Gasteiger partial charge in [-0.25, -0.2) is 4.98 Å². The molecule has 0 unspecified atom stereocenters. The lowest BCUT2D eigenvalue weighted by molar-refractivity contribution is -0.147. The van der Waals surface area contributed by atoms with Crippen LogP contribution in [0.3, 0.4) is 0 Å². The average molecular weight is 305 g/mol. The molecular weight excluding hydrogens is 291 g/mol. The fourth-order valence-electron chi connectivity index (χ4n) is 2.85. The maximum atomic E-state index is 13.2. The smallest absolute Gasteiger partial charge is 0.320 e. The third-order valence-corrected chi connectivity index (χ3v) is 3.91. The van der Waals surface area contributed by atoms with Crippen molar-refractivity contribution >= 4 is 0 Å². The minimum Gasteiger partial charge on any atom is -0.320 e. The molecule has 1 aromatic heterocycles. The summed E-state index contributed by atoms with van der Waals surface area (Å²) in [5.41, 5.74) is 2.50. The number of rotatable bonds is 2. The molecule has 0 N–H and O–H groups in total. The van der Waals surface area contributed by atoms with Gasteiger partial charge in [0, 0.05) is 12.2 Å². The minimum atomic E-state index is -4.45. The molecule has 0 saturated heterocycles. The van der Waals surface area contributed by atoms with Crippen LogP contribution in [0.2, 0.25) is 0 Å². The zero-order chi connectivity index (χ0) is 15.7. The summed E-state index contributed by atoms with van der Waals surface area (Å²) in [6, 6.07) is 8.61. The van der Waals surface area contributed by atoms with E-state index in [1.807, 2.05) is 6.07 Å². The van der Waals surface area contributed by atoms with Crippen LogP contribution in [0.4, 0.5) is 13.2 Å². The zero-order valence-corrected chi connectivity index (χ0v) is 11.8. The van der Waals surface area contributed by atoms with Crippen LogP contribution in [0, 0.1) is 11.3 Å². The van der Waals surface area contributed by atoms with Crippen LogP contribution < -0.4 is 0 Å². The van der Waals surface area contributed by atoms with Gasteiger partial charge in [0.2, 0.25) is 5.82 Å². The quantitative estimate of drug-likeness (QED) is 0.849. The Bertz CT molecular complexity index is 721. The molecule has 1 heterocycles. The van der Waals surface area contributed by atoms with Crippen molar-refractivity contribution in [1.82, 2.24) is 9.55 Å². The van der Waals surface area contributed by atoms with Crippen LogP contribution >= 0.6 is 0 Å². The number of alkyl halides is 3. The van der Waals surface area contributed by atoms with E-state index in [1.54, 1.807) is 24.3 Å². The first-order valence-electron chi connectivity index (χ1n) is 7.13. The molecule has 0 spiro atoms. The molecule has 114 valence electrons. The van der Waals surface area contributed by atoms with E-state index in [0.29, 0.717) is 29.8 Å². The number of hydrogen-bond donors (Lipinski definition) is 0. The van der Waals surface area contributed by atoms with Gasteiger partial charge in [0.15, 0.2) is 0 Å². The monoisotopic (exact) mass is 305 g/mol. The highest BCUT2D eigenvalue weighted by Gasteiger charge is 2.39. The second-order valence-electron chi connectivity index (χ2n) is 5.43. The predicted molar refractivity (Wildman–Crippen MR) is 74.1 cm³/mol. The van der Waals surface area contributed by atoms with Crippen molar-refractivity contribution in [2.24, 2.45) is 0 Å². The van der Waals surface area contributed by atoms with E-state index in [-0.39, 0.29) is 6.54 Å². The second-order valence-corrected chi connectivity index (χ2v) is 5.43. The summed E-state index contributed by atoms with van der Waals surface area (Å²) < 4.78 is 41.0. The van der Waals surface area contributed by atoms with E-state index < -0.39 is 12.0 Å². The van der Waals surface area contributed by atoms with E-state index in [9.17, 15) is 13.2 Å². The lowest BCUT2D eigenvalue weighted by Crippen LogP contribution is -2.17. The van der Waals surface area contributed by atoms with Crippen molar-refractivity contribution in [2.45, 2.75) is 38.4 Å². The first kappa shape index (κ1) is 14.6. The van der Waals surface area contributed by atoms with Gasteiger partial charge < -0.3 is 4.57 Å². The number of hydrogen-bond acceptors (Lipinski definition) is 2. The summed E-state index contributed by atoms with van der Waals surface area (Å²) in [7, 11) is 0. The Morgan fingerprint density at radius 1 is 1.14 bits per heavy atom. The van der Waals surface area contributed by atoms with Gasteiger partial charge in [-0.3, -0.25) is 0 Å². The van der Waals surface area contributed by atoms with Gasteiger partial charge in [0.05, 0.1) is 17.3 Å². The number of aryl methyl sites for hydroxylation is 1. The zero-order valence-electron chi connectivity index (χ0n) is 11.8. The number of aromatic nitrogens is 2. The second kappa shape index (κ2) is 5.48. The van der Waals surface area contributed by atoms with Crippen LogP contribution in [-0.2, 0) is 25.6 Å². The Hall–Kier alpha value is -2.29. The van der Waals surface area contributed by atoms with E-state index in [0.717, 1.165) is 18.4 Å². The van der Waals surface area contributed by atoms with Crippen molar-refractivity contribution in [1.29, 1.82) is 5.26 Å². The molecule has 3 nitrogen and oxygen atoms in total. The van der Waals surface area contributed by atoms with Gasteiger partial charge in [-0.05, 0) is 43.4 Å². The number of benzene rings is 1. The highest BCUT2D eigenvalue weighted by atomic mass is 19.4. The molecule has 0 atom stereocenters. The maximum absolute atomic E-state index is 13.2. The first-order valence-corrected chi connectivity index (χ1v) is 7.13. The summed E-state index contributed by atoms with van der Waals surface area (Å²) in [6.45, 7) is 0.128. The van der Waals surface area contributed by atoms with Crippen LogP contribution in [0.25, 0.3) is 0 Å². The van der Waals surface area contributed by atoms with E-state index >= 15 is 0 Å². The molecule has 1 aliphatic rings. The largest absolute Gasteiger partial charge is 0.449 e. The summed E-state index contributed by atoms with van der Waals surface area (Å²) >= 11 is 0. The van der Waals surface area contributed by atoms with E-state index in [1.165, 1.54) is 4.57 Å². The van der Waals surface area contributed by atoms with E-state index in [2.05, 4.69) is 4.98 Å². The third kappa shape index (κ3) is 2.71. The van der Waals surface area contributed by atoms with Gasteiger partial charge in [-0.2, -0.15) is 18.4 Å². The summed E-state index contributed by atoms with van der Waals surface area (Å²) in [5, 5.41) is 8.78. The molecular formula is C16H14F3N3. The molecule has 0 bridgehead atoms. The summed E-state index contributed by atoms with van der Waals surface area (Å²) in [5.74, 6) is -0.816.